The summed E-state index contributed by atoms with van der Waals surface area (Å²) in [4.78, 5) is 0. The monoisotopic (exact) mass is 128 g/mol. The SMILES string of the molecule is CC[B-](CC)(CC)CC.[H+]. The highest BCUT2D eigenvalue weighted by Gasteiger charge is 2.14. The average Bonchev–Trinajstić information content (AvgIpc) is 1.95. The summed E-state index contributed by atoms with van der Waals surface area (Å²) < 4.78 is 0. The van der Waals surface area contributed by atoms with Gasteiger partial charge >= 0.3 is 1.43 Å². The third kappa shape index (κ3) is 2.04. The first-order chi connectivity index (χ1) is 4.24. The van der Waals surface area contributed by atoms with Crippen molar-refractivity contribution in [3.63, 3.8) is 0 Å². The fraction of sp³-hybridized carbons (Fsp3) is 1.00. The van der Waals surface area contributed by atoms with E-state index in [0.29, 0.717) is 0 Å². The van der Waals surface area contributed by atoms with E-state index in [1.54, 1.807) is 0 Å². The molecule has 0 aliphatic heterocycles. The molecule has 56 valence electrons. The molecule has 0 nitrogen and oxygen atoms in total. The maximum Gasteiger partial charge on any atom is 1.00 e. The van der Waals surface area contributed by atoms with Crippen LogP contribution >= 0.6 is 0 Å². The molecule has 0 unspecified atom stereocenters. The van der Waals surface area contributed by atoms with Crippen LogP contribution in [0.5, 0.6) is 0 Å². The van der Waals surface area contributed by atoms with Crippen molar-refractivity contribution < 1.29 is 1.43 Å². The molecule has 0 aromatic heterocycles. The maximum absolute atomic E-state index is 2.33. The number of rotatable bonds is 4. The molecular weight excluding hydrogens is 107 g/mol. The van der Waals surface area contributed by atoms with Gasteiger partial charge in [-0.3, -0.25) is 0 Å². The largest absolute Gasteiger partial charge is 1.00 e. The molecule has 0 aliphatic rings. The van der Waals surface area contributed by atoms with Crippen molar-refractivity contribution in [1.82, 2.24) is 0 Å². The van der Waals surface area contributed by atoms with Gasteiger partial charge in [-0.25, -0.2) is 0 Å². The summed E-state index contributed by atoms with van der Waals surface area (Å²) in [6, 6.07) is 0. The molecule has 0 N–H and O–H groups in total. The third-order valence-electron chi connectivity index (χ3n) is 3.46. The lowest BCUT2D eigenvalue weighted by molar-refractivity contribution is 1.11. The van der Waals surface area contributed by atoms with Gasteiger partial charge in [-0.15, -0.1) is 0 Å². The Bertz CT molecular complexity index is 52.1. The molecule has 0 radical (unpaired) electrons. The van der Waals surface area contributed by atoms with Crippen LogP contribution in [0.3, 0.4) is 0 Å². The van der Waals surface area contributed by atoms with Crippen molar-refractivity contribution in [2.24, 2.45) is 0 Å². The molecule has 0 aromatic carbocycles. The summed E-state index contributed by atoms with van der Waals surface area (Å²) in [6.45, 7) is 9.32. The van der Waals surface area contributed by atoms with Crippen LogP contribution in [0.1, 0.15) is 29.1 Å². The minimum absolute atomic E-state index is 0. The lowest BCUT2D eigenvalue weighted by atomic mass is 9.19. The Morgan fingerprint density at radius 2 is 1.00 bits per heavy atom. The third-order valence-corrected chi connectivity index (χ3v) is 3.46. The topological polar surface area (TPSA) is 0 Å². The van der Waals surface area contributed by atoms with Crippen molar-refractivity contribution in [3.8, 4) is 0 Å². The molecule has 0 fully saturated rings. The summed E-state index contributed by atoms with van der Waals surface area (Å²) in [5.74, 6) is 0. The first-order valence-electron chi connectivity index (χ1n) is 4.46. The highest BCUT2D eigenvalue weighted by Crippen LogP contribution is 2.23. The van der Waals surface area contributed by atoms with Crippen LogP contribution in [0.15, 0.2) is 0 Å². The molecule has 0 saturated heterocycles. The molecule has 0 aromatic rings. The Morgan fingerprint density at radius 1 is 0.778 bits per heavy atom. The van der Waals surface area contributed by atoms with Crippen LogP contribution in [0, 0.1) is 0 Å². The fourth-order valence-corrected chi connectivity index (χ4v) is 1.73. The quantitative estimate of drug-likeness (QED) is 0.507. The average molecular weight is 128 g/mol. The van der Waals surface area contributed by atoms with E-state index in [1.807, 2.05) is 0 Å². The summed E-state index contributed by atoms with van der Waals surface area (Å²) in [7, 11) is 0. The van der Waals surface area contributed by atoms with Crippen LogP contribution in [0.25, 0.3) is 0 Å². The fourth-order valence-electron chi connectivity index (χ4n) is 1.73. The van der Waals surface area contributed by atoms with E-state index in [4.69, 9.17) is 0 Å². The Kier molecular flexibility index (Phi) is 4.00. The van der Waals surface area contributed by atoms with Gasteiger partial charge in [0.2, 0.25) is 0 Å². The van der Waals surface area contributed by atoms with E-state index < -0.39 is 0 Å². The molecule has 1 heteroatoms. The van der Waals surface area contributed by atoms with E-state index in [9.17, 15) is 0 Å². The molecule has 0 bridgehead atoms. The molecule has 9 heavy (non-hydrogen) atoms. The molecule has 0 rings (SSSR count). The van der Waals surface area contributed by atoms with Crippen molar-refractivity contribution in [2.75, 3.05) is 0 Å². The van der Waals surface area contributed by atoms with Crippen LogP contribution in [0.4, 0.5) is 0 Å². The predicted octanol–water partition coefficient (Wildman–Crippen LogP) is 3.63. The van der Waals surface area contributed by atoms with Crippen LogP contribution < -0.4 is 0 Å². The number of hydrogen-bond acceptors (Lipinski definition) is 0. The highest BCUT2D eigenvalue weighted by atomic mass is 13.9. The Morgan fingerprint density at radius 3 is 1.00 bits per heavy atom. The Labute approximate surface area is 61.4 Å². The molecule has 0 aliphatic carbocycles. The van der Waals surface area contributed by atoms with Gasteiger partial charge < -0.3 is 0 Å². The van der Waals surface area contributed by atoms with E-state index >= 15 is 0 Å². The first kappa shape index (κ1) is 9.06. The van der Waals surface area contributed by atoms with Gasteiger partial charge in [0.15, 0.2) is 0 Å². The second-order valence-corrected chi connectivity index (χ2v) is 3.37. The summed E-state index contributed by atoms with van der Waals surface area (Å²) >= 11 is 0. The zero-order valence-electron chi connectivity index (χ0n) is 8.41. The van der Waals surface area contributed by atoms with E-state index in [0.717, 1.165) is 0 Å². The molecule has 0 heterocycles. The maximum atomic E-state index is 2.33. The second-order valence-electron chi connectivity index (χ2n) is 3.37. The summed E-state index contributed by atoms with van der Waals surface area (Å²) in [6.07, 6.45) is 5.68. The lowest BCUT2D eigenvalue weighted by Crippen LogP contribution is -2.29. The Balaban J connectivity index is 0. The smallest absolute Gasteiger partial charge is 0.181 e. The van der Waals surface area contributed by atoms with Crippen LogP contribution in [0.2, 0.25) is 25.3 Å². The van der Waals surface area contributed by atoms with Crippen molar-refractivity contribution in [1.29, 1.82) is 0 Å². The summed E-state index contributed by atoms with van der Waals surface area (Å²) in [5.41, 5.74) is 0. The number of hydrogen-bond donors (Lipinski definition) is 0. The minimum Gasteiger partial charge on any atom is -0.181 e. The highest BCUT2D eigenvalue weighted by molar-refractivity contribution is 6.79. The standard InChI is InChI=1S/C8H20B/c1-5-9(6-2,7-3)8-4/h5-8H2,1-4H3/q-1/p+1. The van der Waals surface area contributed by atoms with Crippen LogP contribution in [-0.2, 0) is 0 Å². The van der Waals surface area contributed by atoms with Crippen molar-refractivity contribution in [2.45, 2.75) is 53.0 Å². The second kappa shape index (κ2) is 3.97. The van der Waals surface area contributed by atoms with Crippen molar-refractivity contribution >= 4 is 6.15 Å². The minimum atomic E-state index is 0. The predicted molar refractivity (Wildman–Crippen MR) is 48.8 cm³/mol. The normalized spacial score (nSPS) is 12.0. The zero-order chi connectivity index (χ0) is 7.33. The van der Waals surface area contributed by atoms with Gasteiger partial charge in [-0.2, -0.15) is 25.3 Å². The van der Waals surface area contributed by atoms with Gasteiger partial charge in [0.05, 0.1) is 0 Å². The molecule has 0 spiro atoms. The van der Waals surface area contributed by atoms with E-state index in [1.165, 1.54) is 25.3 Å². The van der Waals surface area contributed by atoms with Gasteiger partial charge in [0, 0.05) is 0 Å². The Hall–Kier alpha value is 0.0649. The van der Waals surface area contributed by atoms with E-state index in [2.05, 4.69) is 27.7 Å². The zero-order valence-corrected chi connectivity index (χ0v) is 7.41. The molecule has 0 saturated carbocycles. The lowest BCUT2D eigenvalue weighted by Gasteiger charge is -2.34. The first-order valence-corrected chi connectivity index (χ1v) is 4.46. The molecule has 0 amide bonds. The van der Waals surface area contributed by atoms with Gasteiger partial charge in [-0.1, -0.05) is 27.7 Å². The van der Waals surface area contributed by atoms with Crippen LogP contribution in [-0.4, -0.2) is 6.15 Å². The van der Waals surface area contributed by atoms with Gasteiger partial charge in [0.25, 0.3) is 0 Å². The summed E-state index contributed by atoms with van der Waals surface area (Å²) in [5, 5.41) is 0. The van der Waals surface area contributed by atoms with Gasteiger partial charge in [-0.05, 0) is 6.15 Å². The van der Waals surface area contributed by atoms with Crippen molar-refractivity contribution in [3.05, 3.63) is 0 Å². The molecular formula is C8H21B. The van der Waals surface area contributed by atoms with Gasteiger partial charge in [0.1, 0.15) is 0 Å². The molecule has 0 atom stereocenters. The van der Waals surface area contributed by atoms with E-state index in [-0.39, 0.29) is 7.57 Å².